The zero-order valence-electron chi connectivity index (χ0n) is 19.4. The maximum Gasteiger partial charge on any atom is 0.332 e. The number of hydrogen-bond donors (Lipinski definition) is 2. The van der Waals surface area contributed by atoms with Gasteiger partial charge in [-0.2, -0.15) is 0 Å². The van der Waals surface area contributed by atoms with Gasteiger partial charge in [-0.25, -0.2) is 14.8 Å². The van der Waals surface area contributed by atoms with Crippen LogP contribution in [-0.4, -0.2) is 52.3 Å². The number of carboxylic acids is 1. The van der Waals surface area contributed by atoms with Gasteiger partial charge in [-0.3, -0.25) is 0 Å². The van der Waals surface area contributed by atoms with Gasteiger partial charge >= 0.3 is 5.97 Å². The van der Waals surface area contributed by atoms with Crippen LogP contribution >= 0.6 is 0 Å². The van der Waals surface area contributed by atoms with E-state index in [0.717, 1.165) is 24.8 Å². The van der Waals surface area contributed by atoms with Gasteiger partial charge in [-0.15, -0.1) is 0 Å². The number of nitrogens with zero attached hydrogens (tertiary/aromatic N) is 2. The van der Waals surface area contributed by atoms with Crippen LogP contribution in [0.3, 0.4) is 0 Å². The molecule has 0 bridgehead atoms. The van der Waals surface area contributed by atoms with Crippen molar-refractivity contribution >= 4 is 5.97 Å². The monoisotopic (exact) mass is 480 g/mol. The van der Waals surface area contributed by atoms with Crippen molar-refractivity contribution in [2.75, 3.05) is 13.7 Å². The first-order chi connectivity index (χ1) is 17.0. The first-order valence-electron chi connectivity index (χ1n) is 11.4. The number of ether oxygens (including phenoxy) is 4. The van der Waals surface area contributed by atoms with Gasteiger partial charge in [0.05, 0.1) is 25.0 Å². The fraction of sp³-hybridized carbons (Fsp3) is 0.346. The van der Waals surface area contributed by atoms with Crippen molar-refractivity contribution in [1.29, 1.82) is 0 Å². The number of aromatic nitrogens is 2. The molecule has 1 saturated heterocycles. The van der Waals surface area contributed by atoms with E-state index in [-0.39, 0.29) is 19.3 Å². The average Bonchev–Trinajstić information content (AvgIpc) is 2.89. The second-order valence-electron chi connectivity index (χ2n) is 8.10. The molecule has 4 rings (SSSR count). The molecule has 0 radical (unpaired) electrons. The molecule has 1 aliphatic heterocycles. The van der Waals surface area contributed by atoms with Gasteiger partial charge in [-0.05, 0) is 49.2 Å². The topological polar surface area (TPSA) is 120 Å². The van der Waals surface area contributed by atoms with E-state index in [9.17, 15) is 15.0 Å². The van der Waals surface area contributed by atoms with Crippen molar-refractivity contribution in [2.45, 2.75) is 44.7 Å². The molecule has 9 heteroatoms. The summed E-state index contributed by atoms with van der Waals surface area (Å²) >= 11 is 0. The summed E-state index contributed by atoms with van der Waals surface area (Å²) in [5, 5.41) is 19.1. The van der Waals surface area contributed by atoms with Gasteiger partial charge in [0.15, 0.2) is 18.2 Å². The van der Waals surface area contributed by atoms with Crippen molar-refractivity contribution in [3.63, 3.8) is 0 Å². The summed E-state index contributed by atoms with van der Waals surface area (Å²) in [7, 11) is 1.59. The lowest BCUT2D eigenvalue weighted by Gasteiger charge is -2.24. The second-order valence-corrected chi connectivity index (χ2v) is 8.10. The number of rotatable bonds is 10. The lowest BCUT2D eigenvalue weighted by Crippen LogP contribution is -2.25. The molecule has 0 spiro atoms. The minimum absolute atomic E-state index is 0.118. The molecule has 2 heterocycles. The molecule has 0 amide bonds. The van der Waals surface area contributed by atoms with Gasteiger partial charge in [0.25, 0.3) is 0 Å². The minimum Gasteiger partial charge on any atom is -0.496 e. The van der Waals surface area contributed by atoms with Crippen LogP contribution in [0.4, 0.5) is 0 Å². The van der Waals surface area contributed by atoms with Crippen LogP contribution in [0.2, 0.25) is 0 Å². The number of aliphatic hydroxyl groups is 1. The SMILES string of the molecule is COc1ccccc1-c1nccc(COc2ccc(OC3CCCCO3)cc2CC(O)C(=O)O)n1. The van der Waals surface area contributed by atoms with Gasteiger partial charge in [0, 0.05) is 24.6 Å². The highest BCUT2D eigenvalue weighted by atomic mass is 16.7. The zero-order valence-corrected chi connectivity index (χ0v) is 19.4. The van der Waals surface area contributed by atoms with Crippen LogP contribution in [0.5, 0.6) is 17.2 Å². The third kappa shape index (κ3) is 6.46. The van der Waals surface area contributed by atoms with Crippen molar-refractivity contribution in [3.8, 4) is 28.6 Å². The number of para-hydroxylation sites is 1. The summed E-state index contributed by atoms with van der Waals surface area (Å²) in [5.74, 6) is 0.807. The Hall–Kier alpha value is -3.69. The Bertz CT molecular complexity index is 1150. The van der Waals surface area contributed by atoms with Crippen LogP contribution in [0.1, 0.15) is 30.5 Å². The highest BCUT2D eigenvalue weighted by molar-refractivity contribution is 5.72. The number of carbonyl (C=O) groups is 1. The maximum atomic E-state index is 11.3. The van der Waals surface area contributed by atoms with Crippen molar-refractivity contribution in [2.24, 2.45) is 0 Å². The van der Waals surface area contributed by atoms with Crippen LogP contribution in [-0.2, 0) is 22.6 Å². The third-order valence-electron chi connectivity index (χ3n) is 5.57. The Labute approximate surface area is 203 Å². The predicted octanol–water partition coefficient (Wildman–Crippen LogP) is 3.62. The fourth-order valence-electron chi connectivity index (χ4n) is 3.77. The summed E-state index contributed by atoms with van der Waals surface area (Å²) in [6, 6.07) is 14.3. The molecular weight excluding hydrogens is 452 g/mol. The van der Waals surface area contributed by atoms with Crippen LogP contribution < -0.4 is 14.2 Å². The number of methoxy groups -OCH3 is 1. The molecular formula is C26H28N2O7. The summed E-state index contributed by atoms with van der Waals surface area (Å²) in [6.07, 6.45) is 2.40. The Kier molecular flexibility index (Phi) is 8.12. The van der Waals surface area contributed by atoms with Gasteiger partial charge < -0.3 is 29.2 Å². The maximum absolute atomic E-state index is 11.3. The lowest BCUT2D eigenvalue weighted by molar-refractivity contribution is -0.146. The summed E-state index contributed by atoms with van der Waals surface area (Å²) in [6.45, 7) is 0.763. The van der Waals surface area contributed by atoms with E-state index in [4.69, 9.17) is 18.9 Å². The van der Waals surface area contributed by atoms with Gasteiger partial charge in [0.1, 0.15) is 23.9 Å². The fourth-order valence-corrected chi connectivity index (χ4v) is 3.77. The Morgan fingerprint density at radius 2 is 2.03 bits per heavy atom. The predicted molar refractivity (Wildman–Crippen MR) is 126 cm³/mol. The minimum atomic E-state index is -1.57. The normalized spacial score (nSPS) is 16.3. The molecule has 0 saturated carbocycles. The highest BCUT2D eigenvalue weighted by Crippen LogP contribution is 2.29. The number of benzene rings is 2. The largest absolute Gasteiger partial charge is 0.496 e. The van der Waals surface area contributed by atoms with Gasteiger partial charge in [0.2, 0.25) is 0 Å². The molecule has 1 fully saturated rings. The number of carboxylic acid groups (broad SMARTS) is 1. The smallest absolute Gasteiger partial charge is 0.332 e. The van der Waals surface area contributed by atoms with Crippen LogP contribution in [0.25, 0.3) is 11.4 Å². The van der Waals surface area contributed by atoms with Gasteiger partial charge in [-0.1, -0.05) is 12.1 Å². The number of aliphatic hydroxyl groups excluding tert-OH is 1. The zero-order chi connectivity index (χ0) is 24.6. The molecule has 2 aromatic carbocycles. The third-order valence-corrected chi connectivity index (χ3v) is 5.57. The van der Waals surface area contributed by atoms with E-state index < -0.39 is 12.1 Å². The molecule has 2 unspecified atom stereocenters. The lowest BCUT2D eigenvalue weighted by atomic mass is 10.1. The van der Waals surface area contributed by atoms with E-state index in [1.807, 2.05) is 24.3 Å². The molecule has 1 aliphatic rings. The molecule has 184 valence electrons. The van der Waals surface area contributed by atoms with E-state index in [1.165, 1.54) is 0 Å². The van der Waals surface area contributed by atoms with E-state index in [2.05, 4.69) is 9.97 Å². The van der Waals surface area contributed by atoms with Crippen molar-refractivity contribution < 1.29 is 34.0 Å². The first kappa shape index (κ1) is 24.4. The number of hydrogen-bond acceptors (Lipinski definition) is 8. The molecule has 9 nitrogen and oxygen atoms in total. The summed E-state index contributed by atoms with van der Waals surface area (Å²) in [4.78, 5) is 20.2. The standard InChI is InChI=1S/C26H28N2O7/c1-32-23-7-3-2-6-20(23)25-27-12-11-18(28-25)16-34-22-10-9-19(35-24-8-4-5-13-33-24)14-17(22)15-21(29)26(30)31/h2-3,6-7,9-12,14,21,24,29H,4-5,8,13,15-16H2,1H3,(H,30,31). The quantitative estimate of drug-likeness (QED) is 0.448. The van der Waals surface area contributed by atoms with Crippen molar-refractivity contribution in [1.82, 2.24) is 9.97 Å². The van der Waals surface area contributed by atoms with E-state index in [0.29, 0.717) is 40.9 Å². The van der Waals surface area contributed by atoms with E-state index in [1.54, 1.807) is 37.6 Å². The molecule has 3 aromatic rings. The van der Waals surface area contributed by atoms with Crippen molar-refractivity contribution in [3.05, 3.63) is 66.0 Å². The molecule has 2 atom stereocenters. The Morgan fingerprint density at radius 1 is 1.17 bits per heavy atom. The molecule has 35 heavy (non-hydrogen) atoms. The van der Waals surface area contributed by atoms with Crippen LogP contribution in [0.15, 0.2) is 54.7 Å². The Morgan fingerprint density at radius 3 is 2.80 bits per heavy atom. The van der Waals surface area contributed by atoms with E-state index >= 15 is 0 Å². The molecule has 0 aliphatic carbocycles. The molecule has 2 N–H and O–H groups in total. The Balaban J connectivity index is 1.52. The highest BCUT2D eigenvalue weighted by Gasteiger charge is 2.20. The molecule has 1 aromatic heterocycles. The number of aliphatic carboxylic acids is 1. The van der Waals surface area contributed by atoms with Crippen LogP contribution in [0, 0.1) is 0 Å². The summed E-state index contributed by atoms with van der Waals surface area (Å²) < 4.78 is 22.9. The second kappa shape index (κ2) is 11.6. The average molecular weight is 481 g/mol. The summed E-state index contributed by atoms with van der Waals surface area (Å²) in [5.41, 5.74) is 1.89. The first-order valence-corrected chi connectivity index (χ1v) is 11.4.